The molecule has 0 atom stereocenters. The van der Waals surface area contributed by atoms with Crippen molar-refractivity contribution >= 4 is 10.1 Å². The van der Waals surface area contributed by atoms with Gasteiger partial charge in [0.1, 0.15) is 0 Å². The molecule has 0 saturated heterocycles. The van der Waals surface area contributed by atoms with Crippen molar-refractivity contribution in [2.75, 3.05) is 14.1 Å². The van der Waals surface area contributed by atoms with Gasteiger partial charge in [-0.2, -0.15) is 43.5 Å². The van der Waals surface area contributed by atoms with Crippen LogP contribution in [0.2, 0.25) is 0 Å². The van der Waals surface area contributed by atoms with E-state index in [0.29, 0.717) is 0 Å². The molecule has 0 unspecified atom stereocenters. The molecular formula is C11H19F8NO3S. The first-order valence-electron chi connectivity index (χ1n) is 6.54. The van der Waals surface area contributed by atoms with Crippen molar-refractivity contribution in [1.82, 2.24) is 5.32 Å². The number of halogens is 8. The van der Waals surface area contributed by atoms with Gasteiger partial charge in [0.25, 0.3) is 0 Å². The van der Waals surface area contributed by atoms with Gasteiger partial charge in [-0.25, -0.2) is 0 Å². The van der Waals surface area contributed by atoms with Crippen LogP contribution in [0.15, 0.2) is 0 Å². The maximum absolute atomic E-state index is 13.1. The predicted molar refractivity (Wildman–Crippen MR) is 70.5 cm³/mol. The maximum atomic E-state index is 13.1. The average molecular weight is 397 g/mol. The molecule has 0 spiro atoms. The van der Waals surface area contributed by atoms with Gasteiger partial charge < -0.3 is 5.32 Å². The SMILES string of the molecule is CCCCCC(F)(F)C(F)(F)C(F)(F)C(F)(F)S(=O)(=O)O.CNC. The number of rotatable bonds is 8. The fourth-order valence-electron chi connectivity index (χ4n) is 1.33. The second-order valence-corrected chi connectivity index (χ2v) is 6.27. The molecule has 4 nitrogen and oxygen atoms in total. The molecule has 0 bridgehead atoms. The van der Waals surface area contributed by atoms with E-state index < -0.39 is 46.0 Å². The normalized spacial score (nSPS) is 14.2. The van der Waals surface area contributed by atoms with E-state index in [-0.39, 0.29) is 12.8 Å². The molecule has 0 aliphatic rings. The van der Waals surface area contributed by atoms with Crippen LogP contribution in [-0.2, 0) is 10.1 Å². The third kappa shape index (κ3) is 5.15. The highest BCUT2D eigenvalue weighted by Gasteiger charge is 2.84. The third-order valence-electron chi connectivity index (χ3n) is 2.64. The molecule has 2 N–H and O–H groups in total. The maximum Gasteiger partial charge on any atom is 0.438 e. The molecule has 0 aliphatic heterocycles. The lowest BCUT2D eigenvalue weighted by Gasteiger charge is -2.35. The lowest BCUT2D eigenvalue weighted by atomic mass is 9.99. The summed E-state index contributed by atoms with van der Waals surface area (Å²) in [6.07, 6.45) is -2.29. The van der Waals surface area contributed by atoms with E-state index in [1.165, 1.54) is 6.92 Å². The smallest absolute Gasteiger partial charge is 0.323 e. The Hall–Kier alpha value is -0.690. The van der Waals surface area contributed by atoms with E-state index in [9.17, 15) is 43.5 Å². The van der Waals surface area contributed by atoms with Crippen molar-refractivity contribution < 1.29 is 48.1 Å². The molecule has 0 amide bonds. The van der Waals surface area contributed by atoms with Gasteiger partial charge in [-0.3, -0.25) is 4.55 Å². The topological polar surface area (TPSA) is 66.4 Å². The van der Waals surface area contributed by atoms with Gasteiger partial charge in [0.05, 0.1) is 0 Å². The summed E-state index contributed by atoms with van der Waals surface area (Å²) in [6.45, 7) is 1.48. The summed E-state index contributed by atoms with van der Waals surface area (Å²) in [5.74, 6) is -19.3. The molecule has 13 heteroatoms. The van der Waals surface area contributed by atoms with E-state index in [1.54, 1.807) is 0 Å². The van der Waals surface area contributed by atoms with E-state index in [0.717, 1.165) is 0 Å². The molecule has 24 heavy (non-hydrogen) atoms. The monoisotopic (exact) mass is 397 g/mol. The van der Waals surface area contributed by atoms with Crippen LogP contribution >= 0.6 is 0 Å². The average Bonchev–Trinajstić information content (AvgIpc) is 2.37. The summed E-state index contributed by atoms with van der Waals surface area (Å²) in [5, 5.41) is -4.02. The standard InChI is InChI=1S/C9H12F8O3S.C2H7N/c1-2-3-4-5-6(10,11)7(12,13)8(14,15)9(16,17)21(18,19)20;1-3-2/h2-5H2,1H3,(H,18,19,20);3H,1-2H3. The highest BCUT2D eigenvalue weighted by atomic mass is 32.2. The van der Waals surface area contributed by atoms with Crippen molar-refractivity contribution in [3.63, 3.8) is 0 Å². The van der Waals surface area contributed by atoms with E-state index in [1.807, 2.05) is 14.1 Å². The van der Waals surface area contributed by atoms with Crippen LogP contribution in [0, 0.1) is 0 Å². The molecule has 0 radical (unpaired) electrons. The van der Waals surface area contributed by atoms with E-state index in [2.05, 4.69) is 5.32 Å². The molecule has 0 aromatic carbocycles. The summed E-state index contributed by atoms with van der Waals surface area (Å²) >= 11 is 0. The summed E-state index contributed by atoms with van der Waals surface area (Å²) < 4.78 is 132. The zero-order chi connectivity index (χ0) is 20.0. The Morgan fingerprint density at radius 2 is 1.25 bits per heavy atom. The number of hydrogen-bond donors (Lipinski definition) is 2. The molecule has 0 heterocycles. The van der Waals surface area contributed by atoms with Crippen LogP contribution in [0.25, 0.3) is 0 Å². The molecule has 0 fully saturated rings. The first-order chi connectivity index (χ1) is 10.5. The third-order valence-corrected chi connectivity index (χ3v) is 3.54. The molecule has 0 aliphatic carbocycles. The predicted octanol–water partition coefficient (Wildman–Crippen LogP) is 3.79. The Bertz CT molecular complexity index is 482. The van der Waals surface area contributed by atoms with Gasteiger partial charge in [0, 0.05) is 6.42 Å². The van der Waals surface area contributed by atoms with Gasteiger partial charge in [0.15, 0.2) is 0 Å². The summed E-state index contributed by atoms with van der Waals surface area (Å²) in [4.78, 5) is 0. The number of hydrogen-bond acceptors (Lipinski definition) is 3. The van der Waals surface area contributed by atoms with Crippen molar-refractivity contribution in [3.8, 4) is 0 Å². The van der Waals surface area contributed by atoms with Crippen LogP contribution < -0.4 is 5.32 Å². The van der Waals surface area contributed by atoms with Crippen LogP contribution in [0.1, 0.15) is 32.6 Å². The first kappa shape index (κ1) is 25.5. The highest BCUT2D eigenvalue weighted by molar-refractivity contribution is 7.87. The van der Waals surface area contributed by atoms with Gasteiger partial charge in [-0.15, -0.1) is 0 Å². The zero-order valence-corrected chi connectivity index (χ0v) is 13.8. The van der Waals surface area contributed by atoms with E-state index in [4.69, 9.17) is 4.55 Å². The number of unbranched alkanes of at least 4 members (excludes halogenated alkanes) is 2. The molecule has 148 valence electrons. The lowest BCUT2D eigenvalue weighted by Crippen LogP contribution is -2.64. The van der Waals surface area contributed by atoms with Gasteiger partial charge in [0.2, 0.25) is 0 Å². The molecular weight excluding hydrogens is 378 g/mol. The zero-order valence-electron chi connectivity index (χ0n) is 13.0. The minimum absolute atomic E-state index is 0.0497. The minimum Gasteiger partial charge on any atom is -0.323 e. The summed E-state index contributed by atoms with van der Waals surface area (Å²) in [7, 11) is -3.28. The van der Waals surface area contributed by atoms with E-state index >= 15 is 0 Å². The second-order valence-electron chi connectivity index (χ2n) is 4.80. The lowest BCUT2D eigenvalue weighted by molar-refractivity contribution is -0.349. The van der Waals surface area contributed by atoms with Crippen LogP contribution in [-0.4, -0.2) is 50.1 Å². The summed E-state index contributed by atoms with van der Waals surface area (Å²) in [6, 6.07) is 0. The van der Waals surface area contributed by atoms with Crippen LogP contribution in [0.4, 0.5) is 35.1 Å². The number of alkyl halides is 8. The fraction of sp³-hybridized carbons (Fsp3) is 1.00. The quantitative estimate of drug-likeness (QED) is 0.372. The van der Waals surface area contributed by atoms with Crippen molar-refractivity contribution in [1.29, 1.82) is 0 Å². The number of nitrogens with one attached hydrogen (secondary N) is 1. The Morgan fingerprint density at radius 1 is 0.875 bits per heavy atom. The minimum atomic E-state index is -7.03. The Morgan fingerprint density at radius 3 is 1.54 bits per heavy atom. The van der Waals surface area contributed by atoms with Crippen molar-refractivity contribution in [3.05, 3.63) is 0 Å². The van der Waals surface area contributed by atoms with Crippen LogP contribution in [0.5, 0.6) is 0 Å². The molecule has 0 saturated carbocycles. The van der Waals surface area contributed by atoms with Crippen molar-refractivity contribution in [2.45, 2.75) is 55.6 Å². The van der Waals surface area contributed by atoms with Crippen LogP contribution in [0.3, 0.4) is 0 Å². The Labute approximate surface area is 134 Å². The van der Waals surface area contributed by atoms with Gasteiger partial charge in [-0.1, -0.05) is 19.8 Å². The Balaban J connectivity index is 0. The largest absolute Gasteiger partial charge is 0.438 e. The Kier molecular flexibility index (Phi) is 9.16. The molecule has 0 aromatic heterocycles. The summed E-state index contributed by atoms with van der Waals surface area (Å²) in [5.41, 5.74) is 0. The second kappa shape index (κ2) is 8.61. The molecule has 0 aromatic rings. The fourth-order valence-corrected chi connectivity index (χ4v) is 1.78. The first-order valence-corrected chi connectivity index (χ1v) is 7.98. The van der Waals surface area contributed by atoms with Gasteiger partial charge >= 0.3 is 33.1 Å². The highest BCUT2D eigenvalue weighted by Crippen LogP contribution is 2.55. The van der Waals surface area contributed by atoms with Crippen molar-refractivity contribution in [2.24, 2.45) is 0 Å². The van der Waals surface area contributed by atoms with Gasteiger partial charge in [-0.05, 0) is 20.5 Å². The molecule has 0 rings (SSSR count).